The quantitative estimate of drug-likeness (QED) is 0.486. The maximum Gasteiger partial charge on any atom is 0.434 e. The van der Waals surface area contributed by atoms with E-state index in [1.54, 1.807) is 7.11 Å². The lowest BCUT2D eigenvalue weighted by Crippen LogP contribution is -2.41. The van der Waals surface area contributed by atoms with E-state index in [-0.39, 0.29) is 0 Å². The molecule has 160 valence electrons. The van der Waals surface area contributed by atoms with Crippen LogP contribution in [0.1, 0.15) is 17.6 Å². The summed E-state index contributed by atoms with van der Waals surface area (Å²) in [5, 5.41) is 4.62. The SMILES string of the molecule is CCNC(=NCCc1nc(C(F)(F)F)cs1)N(C)CCOc1ccc(OC)cc1. The molecule has 0 unspecified atom stereocenters. The first-order valence-electron chi connectivity index (χ1n) is 9.11. The normalized spacial score (nSPS) is 12.0. The molecule has 2 rings (SSSR count). The second-order valence-electron chi connectivity index (χ2n) is 6.06. The van der Waals surface area contributed by atoms with Crippen molar-refractivity contribution in [3.63, 3.8) is 0 Å². The summed E-state index contributed by atoms with van der Waals surface area (Å²) in [6, 6.07) is 7.32. The second kappa shape index (κ2) is 10.9. The van der Waals surface area contributed by atoms with Crippen molar-refractivity contribution in [2.75, 3.05) is 40.4 Å². The monoisotopic (exact) mass is 430 g/mol. The summed E-state index contributed by atoms with van der Waals surface area (Å²) in [5.74, 6) is 2.17. The average Bonchev–Trinajstić information content (AvgIpc) is 3.17. The fourth-order valence-corrected chi connectivity index (χ4v) is 3.16. The summed E-state index contributed by atoms with van der Waals surface area (Å²) in [6.07, 6.45) is -4.05. The molecule has 10 heteroatoms. The Kier molecular flexibility index (Phi) is 8.56. The Balaban J connectivity index is 1.83. The molecule has 0 aliphatic heterocycles. The topological polar surface area (TPSA) is 59.0 Å². The van der Waals surface area contributed by atoms with Crippen molar-refractivity contribution in [3.05, 3.63) is 40.3 Å². The van der Waals surface area contributed by atoms with Gasteiger partial charge in [-0.2, -0.15) is 13.2 Å². The highest BCUT2D eigenvalue weighted by Gasteiger charge is 2.33. The number of rotatable bonds is 9. The average molecular weight is 430 g/mol. The van der Waals surface area contributed by atoms with Crippen molar-refractivity contribution in [2.45, 2.75) is 19.5 Å². The highest BCUT2D eigenvalue weighted by Crippen LogP contribution is 2.30. The van der Waals surface area contributed by atoms with E-state index < -0.39 is 11.9 Å². The maximum atomic E-state index is 12.6. The molecule has 6 nitrogen and oxygen atoms in total. The number of aromatic nitrogens is 1. The summed E-state index contributed by atoms with van der Waals surface area (Å²) in [5.41, 5.74) is -0.846. The summed E-state index contributed by atoms with van der Waals surface area (Å²) in [7, 11) is 3.49. The lowest BCUT2D eigenvalue weighted by molar-refractivity contribution is -0.140. The van der Waals surface area contributed by atoms with E-state index in [0.717, 1.165) is 28.2 Å². The third-order valence-corrected chi connectivity index (χ3v) is 4.79. The van der Waals surface area contributed by atoms with Crippen LogP contribution in [0.2, 0.25) is 0 Å². The van der Waals surface area contributed by atoms with Crippen LogP contribution >= 0.6 is 11.3 Å². The summed E-state index contributed by atoms with van der Waals surface area (Å²) in [4.78, 5) is 10.0. The van der Waals surface area contributed by atoms with E-state index in [0.29, 0.717) is 43.6 Å². The Bertz CT molecular complexity index is 779. The first kappa shape index (κ1) is 22.8. The molecule has 0 aliphatic rings. The van der Waals surface area contributed by atoms with Gasteiger partial charge in [0.1, 0.15) is 18.1 Å². The first-order valence-corrected chi connectivity index (χ1v) is 9.99. The molecule has 1 aromatic carbocycles. The third kappa shape index (κ3) is 7.45. The van der Waals surface area contributed by atoms with Gasteiger partial charge in [-0.15, -0.1) is 11.3 Å². The lowest BCUT2D eigenvalue weighted by Gasteiger charge is -2.22. The number of hydrogen-bond acceptors (Lipinski definition) is 5. The van der Waals surface area contributed by atoms with E-state index in [1.807, 2.05) is 43.1 Å². The largest absolute Gasteiger partial charge is 0.497 e. The zero-order valence-corrected chi connectivity index (χ0v) is 17.4. The highest BCUT2D eigenvalue weighted by molar-refractivity contribution is 7.09. The molecule has 0 radical (unpaired) electrons. The molecule has 0 saturated heterocycles. The third-order valence-electron chi connectivity index (χ3n) is 3.88. The lowest BCUT2D eigenvalue weighted by atomic mass is 10.3. The van der Waals surface area contributed by atoms with Crippen molar-refractivity contribution in [2.24, 2.45) is 4.99 Å². The Morgan fingerprint density at radius 3 is 2.52 bits per heavy atom. The number of nitrogens with one attached hydrogen (secondary N) is 1. The second-order valence-corrected chi connectivity index (χ2v) is 7.00. The van der Waals surface area contributed by atoms with Crippen LogP contribution < -0.4 is 14.8 Å². The molecule has 1 aromatic heterocycles. The van der Waals surface area contributed by atoms with Gasteiger partial charge in [0.2, 0.25) is 0 Å². The van der Waals surface area contributed by atoms with Gasteiger partial charge in [-0.1, -0.05) is 0 Å². The van der Waals surface area contributed by atoms with Crippen molar-refractivity contribution in [1.82, 2.24) is 15.2 Å². The van der Waals surface area contributed by atoms with Gasteiger partial charge in [0.05, 0.1) is 18.7 Å². The zero-order chi connectivity index (χ0) is 21.3. The molecular formula is C19H25F3N4O2S. The molecule has 0 amide bonds. The minimum absolute atomic E-state index is 0.344. The fraction of sp³-hybridized carbons (Fsp3) is 0.474. The van der Waals surface area contributed by atoms with E-state index in [9.17, 15) is 13.2 Å². The molecule has 0 spiro atoms. The molecule has 1 N–H and O–H groups in total. The van der Waals surface area contributed by atoms with Gasteiger partial charge in [0, 0.05) is 31.9 Å². The van der Waals surface area contributed by atoms with Crippen LogP contribution in [0.4, 0.5) is 13.2 Å². The summed E-state index contributed by atoms with van der Waals surface area (Å²) in [6.45, 7) is 4.02. The molecule has 0 saturated carbocycles. The molecular weight excluding hydrogens is 405 g/mol. The molecule has 0 fully saturated rings. The van der Waals surface area contributed by atoms with Crippen LogP contribution in [-0.2, 0) is 12.6 Å². The van der Waals surface area contributed by atoms with Crippen LogP contribution in [0.25, 0.3) is 0 Å². The van der Waals surface area contributed by atoms with Crippen LogP contribution in [0, 0.1) is 0 Å². The first-order chi connectivity index (χ1) is 13.8. The van der Waals surface area contributed by atoms with Gasteiger partial charge >= 0.3 is 6.18 Å². The number of benzene rings is 1. The molecule has 1 heterocycles. The van der Waals surface area contributed by atoms with Crippen molar-refractivity contribution in [1.29, 1.82) is 0 Å². The summed E-state index contributed by atoms with van der Waals surface area (Å²) < 4.78 is 48.7. The standard InChI is InChI=1S/C19H25F3N4O2S/c1-4-23-18(24-10-9-17-25-16(13-29-17)19(20,21)22)26(2)11-12-28-15-7-5-14(27-3)6-8-15/h5-8,13H,4,9-12H2,1-3H3,(H,23,24). The smallest absolute Gasteiger partial charge is 0.434 e. The number of alkyl halides is 3. The number of nitrogens with zero attached hydrogens (tertiary/aromatic N) is 3. The van der Waals surface area contributed by atoms with Gasteiger partial charge in [-0.05, 0) is 31.2 Å². The molecule has 0 atom stereocenters. The maximum absolute atomic E-state index is 12.6. The van der Waals surface area contributed by atoms with Crippen LogP contribution in [0.3, 0.4) is 0 Å². The fourth-order valence-electron chi connectivity index (χ4n) is 2.36. The minimum atomic E-state index is -4.41. The number of ether oxygens (including phenoxy) is 2. The number of halogens is 3. The Labute approximate surface area is 172 Å². The van der Waals surface area contributed by atoms with Crippen LogP contribution in [0.15, 0.2) is 34.6 Å². The molecule has 0 bridgehead atoms. The number of hydrogen-bond donors (Lipinski definition) is 1. The Hall–Kier alpha value is -2.49. The molecule has 2 aromatic rings. The van der Waals surface area contributed by atoms with Gasteiger partial charge < -0.3 is 19.7 Å². The zero-order valence-electron chi connectivity index (χ0n) is 16.6. The highest BCUT2D eigenvalue weighted by atomic mass is 32.1. The van der Waals surface area contributed by atoms with E-state index in [1.165, 1.54) is 0 Å². The van der Waals surface area contributed by atoms with Gasteiger partial charge in [-0.25, -0.2) is 4.98 Å². The molecule has 0 aliphatic carbocycles. The Morgan fingerprint density at radius 2 is 1.93 bits per heavy atom. The predicted molar refractivity (Wildman–Crippen MR) is 108 cm³/mol. The van der Waals surface area contributed by atoms with Crippen LogP contribution in [0.5, 0.6) is 11.5 Å². The van der Waals surface area contributed by atoms with Crippen molar-refractivity contribution >= 4 is 17.3 Å². The summed E-state index contributed by atoms with van der Waals surface area (Å²) >= 11 is 1.00. The van der Waals surface area contributed by atoms with Gasteiger partial charge in [0.15, 0.2) is 11.7 Å². The number of thiazole rings is 1. The minimum Gasteiger partial charge on any atom is -0.497 e. The van der Waals surface area contributed by atoms with E-state index in [4.69, 9.17) is 9.47 Å². The number of guanidine groups is 1. The number of aliphatic imine (C=N–C) groups is 1. The van der Waals surface area contributed by atoms with Crippen molar-refractivity contribution < 1.29 is 22.6 Å². The number of methoxy groups -OCH3 is 1. The van der Waals surface area contributed by atoms with E-state index in [2.05, 4.69) is 15.3 Å². The molecule has 29 heavy (non-hydrogen) atoms. The van der Waals surface area contributed by atoms with E-state index >= 15 is 0 Å². The van der Waals surface area contributed by atoms with Gasteiger partial charge in [-0.3, -0.25) is 4.99 Å². The Morgan fingerprint density at radius 1 is 1.24 bits per heavy atom. The van der Waals surface area contributed by atoms with Crippen molar-refractivity contribution in [3.8, 4) is 11.5 Å². The predicted octanol–water partition coefficient (Wildman–Crippen LogP) is 3.69. The van der Waals surface area contributed by atoms with Crippen LogP contribution in [-0.4, -0.2) is 56.2 Å². The van der Waals surface area contributed by atoms with Gasteiger partial charge in [0.25, 0.3) is 0 Å². The number of likely N-dealkylation sites (N-methyl/N-ethyl adjacent to an activating group) is 1.